The molecule has 0 spiro atoms. The summed E-state index contributed by atoms with van der Waals surface area (Å²) in [5.41, 5.74) is 2.55. The molecule has 0 amide bonds. The number of aromatic amines is 1. The van der Waals surface area contributed by atoms with E-state index in [0.717, 1.165) is 21.5 Å². The Hall–Kier alpha value is -2.84. The lowest BCUT2D eigenvalue weighted by molar-refractivity contribution is 0.129. The lowest BCUT2D eigenvalue weighted by Crippen LogP contribution is -2.10. The van der Waals surface area contributed by atoms with Gasteiger partial charge in [-0.05, 0) is 36.1 Å². The molecule has 3 heterocycles. The van der Waals surface area contributed by atoms with Crippen molar-refractivity contribution in [1.82, 2.24) is 20.2 Å². The second-order valence-corrected chi connectivity index (χ2v) is 6.71. The minimum atomic E-state index is -0.499. The maximum atomic E-state index is 13.2. The number of fused-ring (bicyclic) bond motifs is 1. The molecular weight excluding hydrogens is 353 g/mol. The maximum absolute atomic E-state index is 13.2. The SMILES string of the molecule is COC(c1ccc(F)cc1)c1nc(Nc2cc(C)[nH]n2)c2sccc2n1. The number of nitrogens with zero attached hydrogens (tertiary/aromatic N) is 3. The average Bonchev–Trinajstić information content (AvgIpc) is 3.26. The van der Waals surface area contributed by atoms with Gasteiger partial charge < -0.3 is 10.1 Å². The number of ether oxygens (including phenoxy) is 1. The van der Waals surface area contributed by atoms with E-state index in [0.29, 0.717) is 17.5 Å². The Morgan fingerprint density at radius 1 is 1.19 bits per heavy atom. The molecule has 1 unspecified atom stereocenters. The lowest BCUT2D eigenvalue weighted by atomic mass is 10.1. The van der Waals surface area contributed by atoms with Crippen molar-refractivity contribution < 1.29 is 9.13 Å². The monoisotopic (exact) mass is 369 g/mol. The summed E-state index contributed by atoms with van der Waals surface area (Å²) in [6, 6.07) is 9.98. The van der Waals surface area contributed by atoms with Crippen molar-refractivity contribution in [3.8, 4) is 0 Å². The number of rotatable bonds is 5. The molecule has 0 aliphatic rings. The van der Waals surface area contributed by atoms with E-state index in [9.17, 15) is 4.39 Å². The summed E-state index contributed by atoms with van der Waals surface area (Å²) < 4.78 is 19.8. The van der Waals surface area contributed by atoms with Crippen LogP contribution in [0.4, 0.5) is 16.0 Å². The fourth-order valence-electron chi connectivity index (χ4n) is 2.71. The fraction of sp³-hybridized carbons (Fsp3) is 0.167. The molecule has 1 aromatic carbocycles. The van der Waals surface area contributed by atoms with Crippen LogP contribution in [0, 0.1) is 12.7 Å². The van der Waals surface area contributed by atoms with Crippen LogP contribution in [0.5, 0.6) is 0 Å². The molecule has 26 heavy (non-hydrogen) atoms. The lowest BCUT2D eigenvalue weighted by Gasteiger charge is -2.16. The van der Waals surface area contributed by atoms with Gasteiger partial charge in [-0.3, -0.25) is 5.10 Å². The van der Waals surface area contributed by atoms with E-state index in [1.807, 2.05) is 24.4 Å². The zero-order valence-corrected chi connectivity index (χ0v) is 15.0. The smallest absolute Gasteiger partial charge is 0.164 e. The van der Waals surface area contributed by atoms with Crippen LogP contribution in [0.1, 0.15) is 23.2 Å². The van der Waals surface area contributed by atoms with Crippen LogP contribution in [-0.4, -0.2) is 27.3 Å². The van der Waals surface area contributed by atoms with Crippen molar-refractivity contribution in [2.45, 2.75) is 13.0 Å². The molecule has 0 aliphatic heterocycles. The molecule has 3 aromatic heterocycles. The van der Waals surface area contributed by atoms with Gasteiger partial charge in [0.15, 0.2) is 17.5 Å². The zero-order valence-electron chi connectivity index (χ0n) is 14.2. The average molecular weight is 369 g/mol. The van der Waals surface area contributed by atoms with Crippen molar-refractivity contribution in [2.75, 3.05) is 12.4 Å². The highest BCUT2D eigenvalue weighted by Crippen LogP contribution is 2.32. The second kappa shape index (κ2) is 6.81. The summed E-state index contributed by atoms with van der Waals surface area (Å²) in [6.07, 6.45) is -0.499. The number of anilines is 2. The number of methoxy groups -OCH3 is 1. The standard InChI is InChI=1S/C18H16FN5OS/c1-10-9-14(24-23-10)21-18-16-13(7-8-26-16)20-17(22-18)15(25-2)11-3-5-12(19)6-4-11/h3-9,15H,1-2H3,(H2,20,21,22,23,24). The summed E-state index contributed by atoms with van der Waals surface area (Å²) in [6.45, 7) is 1.93. The third-order valence-electron chi connectivity index (χ3n) is 3.92. The van der Waals surface area contributed by atoms with Crippen LogP contribution in [0.2, 0.25) is 0 Å². The molecule has 0 bridgehead atoms. The topological polar surface area (TPSA) is 75.7 Å². The molecule has 4 aromatic rings. The molecule has 0 fully saturated rings. The molecule has 6 nitrogen and oxygen atoms in total. The van der Waals surface area contributed by atoms with E-state index in [1.54, 1.807) is 30.6 Å². The van der Waals surface area contributed by atoms with Gasteiger partial charge in [-0.15, -0.1) is 11.3 Å². The number of benzene rings is 1. The van der Waals surface area contributed by atoms with Crippen LogP contribution in [0.15, 0.2) is 41.8 Å². The predicted molar refractivity (Wildman–Crippen MR) is 99.3 cm³/mol. The van der Waals surface area contributed by atoms with Crippen molar-refractivity contribution in [1.29, 1.82) is 0 Å². The van der Waals surface area contributed by atoms with Crippen molar-refractivity contribution in [2.24, 2.45) is 0 Å². The van der Waals surface area contributed by atoms with Crippen LogP contribution < -0.4 is 5.32 Å². The summed E-state index contributed by atoms with van der Waals surface area (Å²) in [5, 5.41) is 12.3. The Kier molecular flexibility index (Phi) is 4.36. The van der Waals surface area contributed by atoms with Gasteiger partial charge >= 0.3 is 0 Å². The molecule has 0 radical (unpaired) electrons. The Morgan fingerprint density at radius 3 is 2.69 bits per heavy atom. The summed E-state index contributed by atoms with van der Waals surface area (Å²) in [5.74, 6) is 1.54. The maximum Gasteiger partial charge on any atom is 0.164 e. The molecule has 0 saturated carbocycles. The van der Waals surface area contributed by atoms with Crippen LogP contribution >= 0.6 is 11.3 Å². The van der Waals surface area contributed by atoms with E-state index in [1.165, 1.54) is 12.1 Å². The number of thiophene rings is 1. The van der Waals surface area contributed by atoms with Gasteiger partial charge in [0.05, 0.1) is 10.2 Å². The van der Waals surface area contributed by atoms with Crippen molar-refractivity contribution >= 4 is 33.2 Å². The van der Waals surface area contributed by atoms with Gasteiger partial charge in [0.1, 0.15) is 11.9 Å². The Labute approximate surface area is 153 Å². The number of hydrogen-bond acceptors (Lipinski definition) is 6. The molecule has 1 atom stereocenters. The molecule has 4 rings (SSSR count). The van der Waals surface area contributed by atoms with Crippen LogP contribution in [0.3, 0.4) is 0 Å². The number of nitrogens with one attached hydrogen (secondary N) is 2. The molecular formula is C18H16FN5OS. The quantitative estimate of drug-likeness (QED) is 0.547. The van der Waals surface area contributed by atoms with E-state index >= 15 is 0 Å². The highest BCUT2D eigenvalue weighted by atomic mass is 32.1. The summed E-state index contributed by atoms with van der Waals surface area (Å²) in [7, 11) is 1.58. The number of aryl methyl sites for hydroxylation is 1. The second-order valence-electron chi connectivity index (χ2n) is 5.79. The van der Waals surface area contributed by atoms with Gasteiger partial charge in [-0.1, -0.05) is 12.1 Å². The van der Waals surface area contributed by atoms with E-state index in [2.05, 4.69) is 25.5 Å². The first-order valence-corrected chi connectivity index (χ1v) is 8.84. The number of H-pyrrole nitrogens is 1. The van der Waals surface area contributed by atoms with E-state index in [4.69, 9.17) is 4.74 Å². The Morgan fingerprint density at radius 2 is 2.00 bits per heavy atom. The first kappa shape index (κ1) is 16.6. The number of hydrogen-bond donors (Lipinski definition) is 2. The first-order valence-electron chi connectivity index (χ1n) is 7.96. The predicted octanol–water partition coefficient (Wildman–Crippen LogP) is 4.34. The highest BCUT2D eigenvalue weighted by molar-refractivity contribution is 7.17. The summed E-state index contributed by atoms with van der Waals surface area (Å²) >= 11 is 1.55. The fourth-order valence-corrected chi connectivity index (χ4v) is 3.49. The van der Waals surface area contributed by atoms with Gasteiger partial charge in [0.25, 0.3) is 0 Å². The van der Waals surface area contributed by atoms with Gasteiger partial charge in [0, 0.05) is 18.9 Å². The third kappa shape index (κ3) is 3.16. The first-order chi connectivity index (χ1) is 12.6. The van der Waals surface area contributed by atoms with Crippen molar-refractivity contribution in [3.63, 3.8) is 0 Å². The minimum Gasteiger partial charge on any atom is -0.369 e. The Bertz CT molecular complexity index is 1040. The van der Waals surface area contributed by atoms with Crippen molar-refractivity contribution in [3.05, 3.63) is 64.7 Å². The largest absolute Gasteiger partial charge is 0.369 e. The number of halogens is 1. The minimum absolute atomic E-state index is 0.297. The van der Waals surface area contributed by atoms with Gasteiger partial charge in [-0.25, -0.2) is 14.4 Å². The van der Waals surface area contributed by atoms with Crippen LogP contribution in [0.25, 0.3) is 10.2 Å². The zero-order chi connectivity index (χ0) is 18.1. The van der Waals surface area contributed by atoms with Crippen LogP contribution in [-0.2, 0) is 4.74 Å². The highest BCUT2D eigenvalue weighted by Gasteiger charge is 2.20. The van der Waals surface area contributed by atoms with E-state index in [-0.39, 0.29) is 5.82 Å². The summed E-state index contributed by atoms with van der Waals surface area (Å²) in [4.78, 5) is 9.29. The molecule has 0 aliphatic carbocycles. The van der Waals surface area contributed by atoms with Gasteiger partial charge in [0.2, 0.25) is 0 Å². The molecule has 132 valence electrons. The molecule has 2 N–H and O–H groups in total. The third-order valence-corrected chi connectivity index (χ3v) is 4.83. The number of aromatic nitrogens is 4. The van der Waals surface area contributed by atoms with Gasteiger partial charge in [-0.2, -0.15) is 5.10 Å². The normalized spacial score (nSPS) is 12.4. The molecule has 8 heteroatoms. The Balaban J connectivity index is 1.78. The van der Waals surface area contributed by atoms with E-state index < -0.39 is 6.10 Å². The molecule has 0 saturated heterocycles.